The molecule has 156 valence electrons. The van der Waals surface area contributed by atoms with Crippen LogP contribution in [0.2, 0.25) is 0 Å². The van der Waals surface area contributed by atoms with Gasteiger partial charge >= 0.3 is 6.09 Å². The molecule has 0 bridgehead atoms. The van der Waals surface area contributed by atoms with Crippen LogP contribution in [0.25, 0.3) is 0 Å². The number of likely N-dealkylation sites (tertiary alicyclic amines) is 1. The second kappa shape index (κ2) is 7.38. The van der Waals surface area contributed by atoms with E-state index in [4.69, 9.17) is 4.74 Å². The second-order valence-electron chi connectivity index (χ2n) is 9.12. The summed E-state index contributed by atoms with van der Waals surface area (Å²) in [5.74, 6) is -0.416. The van der Waals surface area contributed by atoms with Gasteiger partial charge in [0.05, 0.1) is 0 Å². The lowest BCUT2D eigenvalue weighted by Crippen LogP contribution is -2.51. The molecule has 4 rings (SSSR count). The van der Waals surface area contributed by atoms with Gasteiger partial charge in [0, 0.05) is 24.2 Å². The Balaban J connectivity index is 1.67. The Labute approximate surface area is 177 Å². The van der Waals surface area contributed by atoms with Crippen LogP contribution in [0.1, 0.15) is 59.9 Å². The van der Waals surface area contributed by atoms with Crippen molar-refractivity contribution < 1.29 is 19.1 Å². The number of carbonyl (C=O) groups excluding carboxylic acids is 3. The Morgan fingerprint density at radius 2 is 1.40 bits per heavy atom. The van der Waals surface area contributed by atoms with Crippen molar-refractivity contribution in [2.24, 2.45) is 5.92 Å². The van der Waals surface area contributed by atoms with Crippen LogP contribution >= 0.6 is 0 Å². The molecule has 0 radical (unpaired) electrons. The number of rotatable bonds is 2. The van der Waals surface area contributed by atoms with E-state index in [1.54, 1.807) is 29.2 Å². The maximum Gasteiger partial charge on any atom is 0.410 e. The van der Waals surface area contributed by atoms with E-state index in [1.807, 2.05) is 51.1 Å². The van der Waals surface area contributed by atoms with Crippen LogP contribution in [0.5, 0.6) is 0 Å². The average Bonchev–Trinajstić information content (AvgIpc) is 2.96. The van der Waals surface area contributed by atoms with E-state index in [1.165, 1.54) is 0 Å². The molecule has 30 heavy (non-hydrogen) atoms. The molecule has 0 N–H and O–H groups in total. The maximum absolute atomic E-state index is 13.7. The van der Waals surface area contributed by atoms with Crippen LogP contribution in [0.3, 0.4) is 0 Å². The molecule has 2 aliphatic rings. The lowest BCUT2D eigenvalue weighted by molar-refractivity contribution is 0.0155. The number of benzene rings is 2. The molecule has 1 amide bonds. The Morgan fingerprint density at radius 3 is 1.90 bits per heavy atom. The highest BCUT2D eigenvalue weighted by Gasteiger charge is 2.58. The van der Waals surface area contributed by atoms with Gasteiger partial charge in [-0.3, -0.25) is 9.59 Å². The summed E-state index contributed by atoms with van der Waals surface area (Å²) in [5, 5.41) is 0. The number of ether oxygens (including phenoxy) is 1. The Morgan fingerprint density at radius 1 is 0.900 bits per heavy atom. The van der Waals surface area contributed by atoms with Crippen molar-refractivity contribution in [2.45, 2.75) is 44.6 Å². The first kappa shape index (κ1) is 20.3. The van der Waals surface area contributed by atoms with Crippen LogP contribution in [0.4, 0.5) is 4.79 Å². The van der Waals surface area contributed by atoms with Crippen LogP contribution in [0.15, 0.2) is 54.6 Å². The summed E-state index contributed by atoms with van der Waals surface area (Å²) >= 11 is 0. The Hall–Kier alpha value is -2.95. The molecular weight excluding hydrogens is 378 g/mol. The van der Waals surface area contributed by atoms with Crippen molar-refractivity contribution in [3.8, 4) is 0 Å². The van der Waals surface area contributed by atoms with Crippen molar-refractivity contribution in [3.05, 3.63) is 71.3 Å². The van der Waals surface area contributed by atoms with Gasteiger partial charge in [0.2, 0.25) is 0 Å². The molecule has 1 aliphatic carbocycles. The number of hydrogen-bond acceptors (Lipinski definition) is 4. The molecule has 5 nitrogen and oxygen atoms in total. The number of ketones is 2. The van der Waals surface area contributed by atoms with Crippen molar-refractivity contribution in [1.29, 1.82) is 0 Å². The SMILES string of the molecule is CC(C)(C)OC(=O)N1CCC(C2(c3ccccc3)C(=O)c3ccccc3C2=O)CC1. The molecule has 0 unspecified atom stereocenters. The number of piperidine rings is 1. The fraction of sp³-hybridized carbons (Fsp3) is 0.400. The van der Waals surface area contributed by atoms with E-state index >= 15 is 0 Å². The van der Waals surface area contributed by atoms with E-state index in [2.05, 4.69) is 0 Å². The summed E-state index contributed by atoms with van der Waals surface area (Å²) in [7, 11) is 0. The van der Waals surface area contributed by atoms with Gasteiger partial charge in [-0.05, 0) is 45.1 Å². The summed E-state index contributed by atoms with van der Waals surface area (Å²) < 4.78 is 5.49. The van der Waals surface area contributed by atoms with Gasteiger partial charge in [-0.25, -0.2) is 4.79 Å². The average molecular weight is 405 g/mol. The Bertz CT molecular complexity index is 947. The van der Waals surface area contributed by atoms with Gasteiger partial charge in [0.1, 0.15) is 11.0 Å². The molecule has 0 aromatic heterocycles. The number of Topliss-reactive ketones (excluding diaryl/α,β-unsaturated/α-hetero) is 2. The normalized spacial score (nSPS) is 19.0. The zero-order valence-electron chi connectivity index (χ0n) is 17.7. The minimum atomic E-state index is -1.22. The largest absolute Gasteiger partial charge is 0.444 e. The van der Waals surface area contributed by atoms with Gasteiger partial charge in [-0.1, -0.05) is 54.6 Å². The predicted molar refractivity (Wildman–Crippen MR) is 114 cm³/mol. The molecule has 2 aromatic rings. The molecule has 1 heterocycles. The van der Waals surface area contributed by atoms with E-state index in [9.17, 15) is 14.4 Å². The number of nitrogens with zero attached hydrogens (tertiary/aromatic N) is 1. The molecule has 2 aromatic carbocycles. The fourth-order valence-corrected chi connectivity index (χ4v) is 4.80. The smallest absolute Gasteiger partial charge is 0.410 e. The molecule has 1 fully saturated rings. The van der Waals surface area contributed by atoms with Gasteiger partial charge in [-0.2, -0.15) is 0 Å². The van der Waals surface area contributed by atoms with Crippen molar-refractivity contribution >= 4 is 17.7 Å². The third-order valence-electron chi connectivity index (χ3n) is 6.12. The van der Waals surface area contributed by atoms with Crippen LogP contribution in [-0.2, 0) is 10.2 Å². The monoisotopic (exact) mass is 405 g/mol. The summed E-state index contributed by atoms with van der Waals surface area (Å²) in [6, 6.07) is 16.5. The summed E-state index contributed by atoms with van der Waals surface area (Å²) in [4.78, 5) is 41.6. The highest BCUT2D eigenvalue weighted by Crippen LogP contribution is 2.48. The van der Waals surface area contributed by atoms with Crippen LogP contribution < -0.4 is 0 Å². The van der Waals surface area contributed by atoms with Crippen molar-refractivity contribution in [1.82, 2.24) is 4.90 Å². The van der Waals surface area contributed by atoms with Crippen LogP contribution in [0, 0.1) is 5.92 Å². The minimum absolute atomic E-state index is 0.120. The Kier molecular flexibility index (Phi) is 5.00. The topological polar surface area (TPSA) is 63.7 Å². The number of hydrogen-bond donors (Lipinski definition) is 0. The fourth-order valence-electron chi connectivity index (χ4n) is 4.80. The zero-order chi connectivity index (χ0) is 21.5. The van der Waals surface area contributed by atoms with Crippen molar-refractivity contribution in [3.63, 3.8) is 0 Å². The molecule has 0 saturated carbocycles. The van der Waals surface area contributed by atoms with Gasteiger partial charge < -0.3 is 9.64 Å². The summed E-state index contributed by atoms with van der Waals surface area (Å²) in [5.41, 5.74) is -0.0304. The van der Waals surface area contributed by atoms with Gasteiger partial charge in [0.15, 0.2) is 11.6 Å². The maximum atomic E-state index is 13.7. The van der Waals surface area contributed by atoms with E-state index in [0.717, 1.165) is 5.56 Å². The van der Waals surface area contributed by atoms with Gasteiger partial charge in [0.25, 0.3) is 0 Å². The summed E-state index contributed by atoms with van der Waals surface area (Å²) in [6.07, 6.45) is 0.793. The lowest BCUT2D eigenvalue weighted by Gasteiger charge is -2.41. The molecular formula is C25H27NO4. The molecule has 1 aliphatic heterocycles. The van der Waals surface area contributed by atoms with E-state index in [0.29, 0.717) is 37.1 Å². The molecule has 0 atom stereocenters. The first-order valence-electron chi connectivity index (χ1n) is 10.5. The second-order valence-corrected chi connectivity index (χ2v) is 9.12. The van der Waals surface area contributed by atoms with Gasteiger partial charge in [-0.15, -0.1) is 0 Å². The highest BCUT2D eigenvalue weighted by molar-refractivity contribution is 6.33. The zero-order valence-corrected chi connectivity index (χ0v) is 17.7. The third-order valence-corrected chi connectivity index (χ3v) is 6.12. The highest BCUT2D eigenvalue weighted by atomic mass is 16.6. The van der Waals surface area contributed by atoms with Crippen molar-refractivity contribution in [2.75, 3.05) is 13.1 Å². The first-order valence-corrected chi connectivity index (χ1v) is 10.5. The summed E-state index contributed by atoms with van der Waals surface area (Å²) in [6.45, 7) is 6.45. The standard InChI is InChI=1S/C25H27NO4/c1-24(2,3)30-23(29)26-15-13-18(14-16-26)25(17-9-5-4-6-10-17)21(27)19-11-7-8-12-20(19)22(25)28/h4-12,18H,13-16H2,1-3H3. The van der Waals surface area contributed by atoms with E-state index < -0.39 is 11.0 Å². The molecule has 5 heteroatoms. The number of fused-ring (bicyclic) bond motifs is 1. The number of amides is 1. The minimum Gasteiger partial charge on any atom is -0.444 e. The number of carbonyl (C=O) groups is 3. The van der Waals surface area contributed by atoms with Crippen LogP contribution in [-0.4, -0.2) is 41.3 Å². The predicted octanol–water partition coefficient (Wildman–Crippen LogP) is 4.65. The lowest BCUT2D eigenvalue weighted by atomic mass is 9.63. The third kappa shape index (κ3) is 3.22. The van der Waals surface area contributed by atoms with E-state index in [-0.39, 0.29) is 23.6 Å². The molecule has 0 spiro atoms. The first-order chi connectivity index (χ1) is 14.2. The quantitative estimate of drug-likeness (QED) is 0.682. The molecule has 1 saturated heterocycles.